The lowest BCUT2D eigenvalue weighted by molar-refractivity contribution is -0.232. The number of nitrogens with two attached hydrogens (primary N) is 1. The second-order valence-electron chi connectivity index (χ2n) is 8.08. The second kappa shape index (κ2) is 6.13. The number of hydroxylamine groups is 2. The van der Waals surface area contributed by atoms with Crippen LogP contribution in [0.5, 0.6) is 5.75 Å². The van der Waals surface area contributed by atoms with E-state index in [1.165, 1.54) is 5.56 Å². The molecule has 26 heavy (non-hydrogen) atoms. The Labute approximate surface area is 155 Å². The van der Waals surface area contributed by atoms with Gasteiger partial charge in [-0.25, -0.2) is 14.9 Å². The van der Waals surface area contributed by atoms with Crippen molar-refractivity contribution in [3.05, 3.63) is 29.3 Å². The molecule has 142 valence electrons. The lowest BCUT2D eigenvalue weighted by Gasteiger charge is -2.45. The molecular weight excluding hydrogens is 330 g/mol. The van der Waals surface area contributed by atoms with Crippen LogP contribution in [0.25, 0.3) is 0 Å². The summed E-state index contributed by atoms with van der Waals surface area (Å²) in [5.41, 5.74) is 7.68. The third-order valence-corrected chi connectivity index (χ3v) is 6.15. The maximum Gasteiger partial charge on any atom is 0.220 e. The van der Waals surface area contributed by atoms with Crippen molar-refractivity contribution >= 4 is 5.96 Å². The third kappa shape index (κ3) is 2.50. The van der Waals surface area contributed by atoms with Gasteiger partial charge in [0.1, 0.15) is 5.75 Å². The van der Waals surface area contributed by atoms with Gasteiger partial charge in [0.25, 0.3) is 0 Å². The number of fused-ring (bicyclic) bond motifs is 3. The first-order chi connectivity index (χ1) is 12.4. The minimum absolute atomic E-state index is 0.0871. The molecule has 1 fully saturated rings. The molecule has 1 aliphatic heterocycles. The molecule has 1 aromatic carbocycles. The standard InChI is InChI=1S/C20H29N3O3/c1-13(2)25-16-6-5-14-12-19(9-7-15(24-4)8-10-19)20(17(14)11-16)22-18(21)23(3)26-20/h5-6,11,13,15H,7-10,12H2,1-4H3,(H2,21,22)/t15-,19-,20?. The predicted octanol–water partition coefficient (Wildman–Crippen LogP) is 2.95. The van der Waals surface area contributed by atoms with E-state index in [-0.39, 0.29) is 11.5 Å². The molecule has 0 amide bonds. The van der Waals surface area contributed by atoms with Gasteiger partial charge in [0.05, 0.1) is 12.2 Å². The Bertz CT molecular complexity index is 725. The molecule has 1 unspecified atom stereocenters. The van der Waals surface area contributed by atoms with E-state index >= 15 is 0 Å². The molecule has 2 aliphatic carbocycles. The lowest BCUT2D eigenvalue weighted by atomic mass is 9.66. The van der Waals surface area contributed by atoms with Crippen molar-refractivity contribution < 1.29 is 14.3 Å². The predicted molar refractivity (Wildman–Crippen MR) is 99.8 cm³/mol. The van der Waals surface area contributed by atoms with Crippen molar-refractivity contribution in [3.63, 3.8) is 0 Å². The minimum atomic E-state index is -0.754. The highest BCUT2D eigenvalue weighted by Crippen LogP contribution is 2.62. The Kier molecular flexibility index (Phi) is 4.15. The minimum Gasteiger partial charge on any atom is -0.491 e. The fraction of sp³-hybridized carbons (Fsp3) is 0.650. The van der Waals surface area contributed by atoms with Crippen LogP contribution < -0.4 is 10.5 Å². The van der Waals surface area contributed by atoms with Crippen LogP contribution in [0.15, 0.2) is 23.2 Å². The van der Waals surface area contributed by atoms with Crippen LogP contribution in [0.3, 0.4) is 0 Å². The molecule has 0 radical (unpaired) electrons. The molecule has 2 N–H and O–H groups in total. The molecule has 1 aromatic rings. The highest BCUT2D eigenvalue weighted by molar-refractivity contribution is 5.79. The number of ether oxygens (including phenoxy) is 2. The van der Waals surface area contributed by atoms with Gasteiger partial charge in [-0.3, -0.25) is 0 Å². The zero-order valence-corrected chi connectivity index (χ0v) is 16.1. The SMILES string of the molecule is CO[C@H]1CC[C@]2(CC1)Cc1ccc(OC(C)C)cc1C21N=C(N)N(C)O1. The summed E-state index contributed by atoms with van der Waals surface area (Å²) in [6.45, 7) is 4.07. The summed E-state index contributed by atoms with van der Waals surface area (Å²) in [6, 6.07) is 6.32. The first-order valence-corrected chi connectivity index (χ1v) is 9.50. The van der Waals surface area contributed by atoms with Crippen LogP contribution in [0, 0.1) is 5.41 Å². The van der Waals surface area contributed by atoms with Gasteiger partial charge >= 0.3 is 0 Å². The molecular formula is C20H29N3O3. The van der Waals surface area contributed by atoms with Gasteiger partial charge in [-0.1, -0.05) is 6.07 Å². The van der Waals surface area contributed by atoms with Gasteiger partial charge in [-0.2, -0.15) is 0 Å². The average molecular weight is 359 g/mol. The molecule has 4 rings (SSSR count). The highest BCUT2D eigenvalue weighted by Gasteiger charge is 2.63. The van der Waals surface area contributed by atoms with Gasteiger partial charge in [0.2, 0.25) is 11.7 Å². The Morgan fingerprint density at radius 2 is 2.04 bits per heavy atom. The van der Waals surface area contributed by atoms with E-state index in [0.29, 0.717) is 12.1 Å². The van der Waals surface area contributed by atoms with E-state index in [1.807, 2.05) is 20.9 Å². The van der Waals surface area contributed by atoms with Crippen molar-refractivity contribution in [2.24, 2.45) is 16.1 Å². The summed E-state index contributed by atoms with van der Waals surface area (Å²) in [4.78, 5) is 11.3. The van der Waals surface area contributed by atoms with Gasteiger partial charge in [-0.15, -0.1) is 0 Å². The quantitative estimate of drug-likeness (QED) is 0.899. The maximum atomic E-state index is 6.38. The largest absolute Gasteiger partial charge is 0.491 e. The molecule has 2 spiro atoms. The smallest absolute Gasteiger partial charge is 0.220 e. The zero-order valence-electron chi connectivity index (χ0n) is 16.1. The molecule has 6 heteroatoms. The first kappa shape index (κ1) is 17.6. The van der Waals surface area contributed by atoms with Crippen molar-refractivity contribution in [2.75, 3.05) is 14.2 Å². The molecule has 0 aromatic heterocycles. The van der Waals surface area contributed by atoms with E-state index in [0.717, 1.165) is 43.4 Å². The van der Waals surface area contributed by atoms with E-state index in [9.17, 15) is 0 Å². The van der Waals surface area contributed by atoms with Crippen LogP contribution in [-0.4, -0.2) is 37.4 Å². The number of guanidine groups is 1. The van der Waals surface area contributed by atoms with E-state index in [1.54, 1.807) is 12.2 Å². The molecule has 1 atom stereocenters. The first-order valence-electron chi connectivity index (χ1n) is 9.50. The van der Waals surface area contributed by atoms with Crippen LogP contribution >= 0.6 is 0 Å². The number of methoxy groups -OCH3 is 1. The van der Waals surface area contributed by atoms with Crippen LogP contribution in [0.2, 0.25) is 0 Å². The number of benzene rings is 1. The zero-order chi connectivity index (χ0) is 18.5. The molecule has 1 heterocycles. The van der Waals surface area contributed by atoms with Crippen LogP contribution in [0.1, 0.15) is 50.7 Å². The summed E-state index contributed by atoms with van der Waals surface area (Å²) in [6.07, 6.45) is 5.44. The molecule has 6 nitrogen and oxygen atoms in total. The molecule has 3 aliphatic rings. The van der Waals surface area contributed by atoms with Crippen molar-refractivity contribution in [1.29, 1.82) is 0 Å². The number of rotatable bonds is 3. The van der Waals surface area contributed by atoms with Gasteiger partial charge in [0, 0.05) is 25.1 Å². The Hall–Kier alpha value is -1.79. The monoisotopic (exact) mass is 359 g/mol. The summed E-state index contributed by atoms with van der Waals surface area (Å²) < 4.78 is 11.5. The van der Waals surface area contributed by atoms with Crippen molar-refractivity contribution in [1.82, 2.24) is 5.06 Å². The fourth-order valence-corrected chi connectivity index (χ4v) is 4.86. The lowest BCUT2D eigenvalue weighted by Crippen LogP contribution is -2.46. The number of aliphatic imine (C=N–C) groups is 1. The van der Waals surface area contributed by atoms with Gasteiger partial charge in [0.15, 0.2) is 0 Å². The highest BCUT2D eigenvalue weighted by atomic mass is 16.7. The number of hydrogen-bond acceptors (Lipinski definition) is 6. The topological polar surface area (TPSA) is 69.3 Å². The fourth-order valence-electron chi connectivity index (χ4n) is 4.86. The number of nitrogens with zero attached hydrogens (tertiary/aromatic N) is 2. The summed E-state index contributed by atoms with van der Waals surface area (Å²) in [7, 11) is 3.63. The molecule has 0 bridgehead atoms. The Morgan fingerprint density at radius 1 is 1.31 bits per heavy atom. The second-order valence-corrected chi connectivity index (χ2v) is 8.08. The van der Waals surface area contributed by atoms with Crippen molar-refractivity contribution in [3.8, 4) is 5.75 Å². The summed E-state index contributed by atoms with van der Waals surface area (Å²) in [5.74, 6) is 1.29. The maximum absolute atomic E-state index is 6.38. The van der Waals surface area contributed by atoms with E-state index in [4.69, 9.17) is 25.0 Å². The van der Waals surface area contributed by atoms with Crippen molar-refractivity contribution in [2.45, 2.75) is 63.9 Å². The third-order valence-electron chi connectivity index (χ3n) is 6.15. The normalized spacial score (nSPS) is 33.2. The van der Waals surface area contributed by atoms with Crippen LogP contribution in [-0.2, 0) is 21.7 Å². The van der Waals surface area contributed by atoms with Gasteiger partial charge < -0.3 is 15.2 Å². The molecule has 1 saturated carbocycles. The average Bonchev–Trinajstić information content (AvgIpc) is 3.04. The summed E-state index contributed by atoms with van der Waals surface area (Å²) >= 11 is 0. The molecule has 0 saturated heterocycles. The van der Waals surface area contributed by atoms with Gasteiger partial charge in [-0.05, 0) is 63.6 Å². The summed E-state index contributed by atoms with van der Waals surface area (Å²) in [5, 5.41) is 1.61. The van der Waals surface area contributed by atoms with Crippen LogP contribution in [0.4, 0.5) is 0 Å². The Balaban J connectivity index is 1.78. The van der Waals surface area contributed by atoms with E-state index in [2.05, 4.69) is 18.2 Å². The number of hydrogen-bond donors (Lipinski definition) is 1. The van der Waals surface area contributed by atoms with E-state index < -0.39 is 5.72 Å². The Morgan fingerprint density at radius 3 is 2.62 bits per heavy atom.